The topological polar surface area (TPSA) is 0 Å². The van der Waals surface area contributed by atoms with Crippen LogP contribution in [0.5, 0.6) is 0 Å². The van der Waals surface area contributed by atoms with Crippen molar-refractivity contribution in [2.24, 2.45) is 5.92 Å². The first-order valence-corrected chi connectivity index (χ1v) is 8.70. The lowest BCUT2D eigenvalue weighted by molar-refractivity contribution is -0.0328. The van der Waals surface area contributed by atoms with Gasteiger partial charge in [-0.05, 0) is 42.7 Å². The Balaban J connectivity index is 2.28. The SMILES string of the molecule is CCc1cccc(SC(F)(F)F)c1C#CC1CCCCCC1. The van der Waals surface area contributed by atoms with Crippen LogP contribution in [0.25, 0.3) is 0 Å². The van der Waals surface area contributed by atoms with Gasteiger partial charge in [-0.15, -0.1) is 0 Å². The van der Waals surface area contributed by atoms with Crippen LogP contribution in [0.2, 0.25) is 0 Å². The molecular weight excluding hydrogens is 305 g/mol. The third-order valence-corrected chi connectivity index (χ3v) is 4.77. The monoisotopic (exact) mass is 326 g/mol. The van der Waals surface area contributed by atoms with Crippen molar-refractivity contribution in [3.63, 3.8) is 0 Å². The van der Waals surface area contributed by atoms with Gasteiger partial charge in [0, 0.05) is 16.4 Å². The highest BCUT2D eigenvalue weighted by atomic mass is 32.2. The summed E-state index contributed by atoms with van der Waals surface area (Å²) in [6, 6.07) is 5.08. The van der Waals surface area contributed by atoms with Crippen LogP contribution in [0.4, 0.5) is 13.2 Å². The maximum atomic E-state index is 12.7. The van der Waals surface area contributed by atoms with Gasteiger partial charge in [0.05, 0.1) is 0 Å². The van der Waals surface area contributed by atoms with Crippen LogP contribution in [0.3, 0.4) is 0 Å². The van der Waals surface area contributed by atoms with Gasteiger partial charge in [0.1, 0.15) is 0 Å². The second-order valence-corrected chi connectivity index (χ2v) is 6.76. The lowest BCUT2D eigenvalue weighted by Gasteiger charge is -2.11. The molecular formula is C18H21F3S. The molecule has 22 heavy (non-hydrogen) atoms. The lowest BCUT2D eigenvalue weighted by Crippen LogP contribution is -2.02. The molecule has 1 aliphatic carbocycles. The van der Waals surface area contributed by atoms with Gasteiger partial charge in [-0.2, -0.15) is 13.2 Å². The van der Waals surface area contributed by atoms with E-state index in [9.17, 15) is 13.2 Å². The number of thioether (sulfide) groups is 1. The predicted octanol–water partition coefficient (Wildman–Crippen LogP) is 6.18. The third-order valence-electron chi connectivity index (χ3n) is 3.98. The first-order chi connectivity index (χ1) is 10.5. The van der Waals surface area contributed by atoms with Crippen LogP contribution in [-0.2, 0) is 6.42 Å². The van der Waals surface area contributed by atoms with Crippen LogP contribution in [-0.4, -0.2) is 5.51 Å². The van der Waals surface area contributed by atoms with Gasteiger partial charge in [-0.3, -0.25) is 0 Å². The minimum Gasteiger partial charge on any atom is -0.160 e. The second-order valence-electron chi connectivity index (χ2n) is 5.65. The molecule has 0 atom stereocenters. The predicted molar refractivity (Wildman–Crippen MR) is 85.8 cm³/mol. The van der Waals surface area contributed by atoms with E-state index < -0.39 is 5.51 Å². The first-order valence-electron chi connectivity index (χ1n) is 7.89. The maximum absolute atomic E-state index is 12.7. The average molecular weight is 326 g/mol. The van der Waals surface area contributed by atoms with E-state index in [2.05, 4.69) is 11.8 Å². The van der Waals surface area contributed by atoms with Crippen LogP contribution < -0.4 is 0 Å². The Morgan fingerprint density at radius 1 is 1.14 bits per heavy atom. The summed E-state index contributed by atoms with van der Waals surface area (Å²) >= 11 is -0.0549. The van der Waals surface area contributed by atoms with Crippen LogP contribution in [0, 0.1) is 17.8 Å². The first kappa shape index (κ1) is 17.3. The smallest absolute Gasteiger partial charge is 0.160 e. The molecule has 0 spiro atoms. The van der Waals surface area contributed by atoms with E-state index >= 15 is 0 Å². The highest BCUT2D eigenvalue weighted by Gasteiger charge is 2.30. The van der Waals surface area contributed by atoms with E-state index in [4.69, 9.17) is 0 Å². The summed E-state index contributed by atoms with van der Waals surface area (Å²) < 4.78 is 38.2. The Kier molecular flexibility index (Phi) is 6.26. The fourth-order valence-corrected chi connectivity index (χ4v) is 3.50. The molecule has 1 aromatic rings. The number of alkyl halides is 3. The summed E-state index contributed by atoms with van der Waals surface area (Å²) in [5, 5.41) is 0. The molecule has 0 unspecified atom stereocenters. The van der Waals surface area contributed by atoms with Crippen LogP contribution in [0.15, 0.2) is 23.1 Å². The van der Waals surface area contributed by atoms with E-state index in [1.807, 2.05) is 13.0 Å². The minimum absolute atomic E-state index is 0.0549. The van der Waals surface area contributed by atoms with Crippen molar-refractivity contribution >= 4 is 11.8 Å². The molecule has 0 saturated heterocycles. The maximum Gasteiger partial charge on any atom is 0.446 e. The Hall–Kier alpha value is -1.08. The van der Waals surface area contributed by atoms with Gasteiger partial charge in [-0.1, -0.05) is 56.6 Å². The van der Waals surface area contributed by atoms with Gasteiger partial charge in [0.25, 0.3) is 0 Å². The average Bonchev–Trinajstić information content (AvgIpc) is 2.72. The van der Waals surface area contributed by atoms with Crippen LogP contribution >= 0.6 is 11.8 Å². The molecule has 0 aromatic heterocycles. The molecule has 0 amide bonds. The fraction of sp³-hybridized carbons (Fsp3) is 0.556. The molecule has 0 aliphatic heterocycles. The number of rotatable bonds is 2. The van der Waals surface area contributed by atoms with Gasteiger partial charge in [-0.25, -0.2) is 0 Å². The zero-order valence-corrected chi connectivity index (χ0v) is 13.6. The highest BCUT2D eigenvalue weighted by Crippen LogP contribution is 2.39. The summed E-state index contributed by atoms with van der Waals surface area (Å²) in [5.41, 5.74) is -2.81. The largest absolute Gasteiger partial charge is 0.446 e. The Labute approximate surface area is 134 Å². The molecule has 0 bridgehead atoms. The van der Waals surface area contributed by atoms with Crippen molar-refractivity contribution in [3.05, 3.63) is 29.3 Å². The van der Waals surface area contributed by atoms with E-state index in [0.29, 0.717) is 17.9 Å². The second kappa shape index (κ2) is 7.97. The Morgan fingerprint density at radius 3 is 2.41 bits per heavy atom. The van der Waals surface area contributed by atoms with Crippen molar-refractivity contribution in [1.82, 2.24) is 0 Å². The van der Waals surface area contributed by atoms with Gasteiger partial charge < -0.3 is 0 Å². The molecule has 0 nitrogen and oxygen atoms in total. The third kappa shape index (κ3) is 5.28. The molecule has 120 valence electrons. The molecule has 1 fully saturated rings. The van der Waals surface area contributed by atoms with Gasteiger partial charge in [0.15, 0.2) is 0 Å². The number of hydrogen-bond donors (Lipinski definition) is 0. The summed E-state index contributed by atoms with van der Waals surface area (Å²) in [6.07, 6.45) is 7.70. The van der Waals surface area contributed by atoms with E-state index in [1.54, 1.807) is 6.07 Å². The molecule has 0 radical (unpaired) electrons. The lowest BCUT2D eigenvalue weighted by atomic mass is 9.99. The molecule has 1 aliphatic rings. The fourth-order valence-electron chi connectivity index (χ4n) is 2.82. The summed E-state index contributed by atoms with van der Waals surface area (Å²) in [5.74, 6) is 6.66. The Bertz CT molecular complexity index is 544. The van der Waals surface area contributed by atoms with E-state index in [0.717, 1.165) is 18.4 Å². The zero-order valence-electron chi connectivity index (χ0n) is 12.8. The zero-order chi connectivity index (χ0) is 16.0. The van der Waals surface area contributed by atoms with Crippen molar-refractivity contribution < 1.29 is 13.2 Å². The molecule has 1 saturated carbocycles. The highest BCUT2D eigenvalue weighted by molar-refractivity contribution is 8.00. The molecule has 0 N–H and O–H groups in total. The number of aryl methyl sites for hydroxylation is 1. The van der Waals surface area contributed by atoms with Gasteiger partial charge >= 0.3 is 5.51 Å². The van der Waals surface area contributed by atoms with E-state index in [-0.39, 0.29) is 16.7 Å². The molecule has 1 aromatic carbocycles. The summed E-state index contributed by atoms with van der Waals surface area (Å²) in [6.45, 7) is 1.95. The summed E-state index contributed by atoms with van der Waals surface area (Å²) in [4.78, 5) is 0.230. The minimum atomic E-state index is -4.27. The normalized spacial score (nSPS) is 16.7. The Morgan fingerprint density at radius 2 is 1.82 bits per heavy atom. The number of benzene rings is 1. The van der Waals surface area contributed by atoms with Crippen molar-refractivity contribution in [2.45, 2.75) is 62.3 Å². The standard InChI is InChI=1S/C18H21F3S/c1-2-15-10-7-11-17(22-18(19,20)21)16(15)13-12-14-8-5-3-4-6-9-14/h7,10-11,14H,2-6,8-9H2,1H3. The number of halogens is 3. The van der Waals surface area contributed by atoms with Crippen molar-refractivity contribution in [3.8, 4) is 11.8 Å². The van der Waals surface area contributed by atoms with Crippen molar-refractivity contribution in [1.29, 1.82) is 0 Å². The molecule has 0 heterocycles. The van der Waals surface area contributed by atoms with Crippen LogP contribution in [0.1, 0.15) is 56.6 Å². The van der Waals surface area contributed by atoms with Gasteiger partial charge in [0.2, 0.25) is 0 Å². The molecule has 2 rings (SSSR count). The summed E-state index contributed by atoms with van der Waals surface area (Å²) in [7, 11) is 0. The van der Waals surface area contributed by atoms with Crippen molar-refractivity contribution in [2.75, 3.05) is 0 Å². The molecule has 4 heteroatoms. The number of hydrogen-bond acceptors (Lipinski definition) is 1. The quantitative estimate of drug-likeness (QED) is 0.355. The van der Waals surface area contributed by atoms with E-state index in [1.165, 1.54) is 31.7 Å².